The summed E-state index contributed by atoms with van der Waals surface area (Å²) in [6, 6.07) is 32.7. The van der Waals surface area contributed by atoms with Gasteiger partial charge in [-0.2, -0.15) is 0 Å². The molecule has 158 valence electrons. The molecule has 0 radical (unpaired) electrons. The number of fused-ring (bicyclic) bond motifs is 1. The summed E-state index contributed by atoms with van der Waals surface area (Å²) in [7, 11) is 0. The van der Waals surface area contributed by atoms with Crippen LogP contribution in [0.5, 0.6) is 0 Å². The maximum absolute atomic E-state index is 4.42. The van der Waals surface area contributed by atoms with Gasteiger partial charge in [0.2, 0.25) is 0 Å². The highest BCUT2D eigenvalue weighted by Crippen LogP contribution is 2.39. The third kappa shape index (κ3) is 4.45. The summed E-state index contributed by atoms with van der Waals surface area (Å²) >= 11 is 4.42. The molecule has 0 aromatic heterocycles. The molecule has 0 amide bonds. The summed E-state index contributed by atoms with van der Waals surface area (Å²) in [5.41, 5.74) is 6.85. The summed E-state index contributed by atoms with van der Waals surface area (Å²) < 4.78 is 0. The van der Waals surface area contributed by atoms with Crippen LogP contribution in [0.3, 0.4) is 0 Å². The summed E-state index contributed by atoms with van der Waals surface area (Å²) in [5.74, 6) is 0. The van der Waals surface area contributed by atoms with Gasteiger partial charge in [-0.1, -0.05) is 97.5 Å². The zero-order valence-corrected chi connectivity index (χ0v) is 19.4. The SMILES string of the molecule is CC1(c2ccc(S)cc2)CC=C(/C=C/c2ccc3cc(-c4ccccc4)ccc3c2)CC1. The lowest BCUT2D eigenvalue weighted by molar-refractivity contribution is 0.422. The highest BCUT2D eigenvalue weighted by Gasteiger charge is 2.28. The molecule has 0 N–H and O–H groups in total. The first-order valence-corrected chi connectivity index (χ1v) is 11.8. The predicted molar refractivity (Wildman–Crippen MR) is 141 cm³/mol. The quantitative estimate of drug-likeness (QED) is 0.306. The Morgan fingerprint density at radius 3 is 2.25 bits per heavy atom. The topological polar surface area (TPSA) is 0 Å². The van der Waals surface area contributed by atoms with Crippen LogP contribution in [0.2, 0.25) is 0 Å². The molecule has 0 spiro atoms. The molecule has 1 aliphatic carbocycles. The normalized spacial score (nSPS) is 18.8. The molecular formula is C31H28S. The number of rotatable bonds is 4. The van der Waals surface area contributed by atoms with E-state index in [1.165, 1.54) is 45.0 Å². The van der Waals surface area contributed by atoms with Crippen LogP contribution in [0.15, 0.2) is 114 Å². The van der Waals surface area contributed by atoms with Gasteiger partial charge in [0.05, 0.1) is 0 Å². The fraction of sp³-hybridized carbons (Fsp3) is 0.161. The van der Waals surface area contributed by atoms with Crippen LogP contribution in [0.1, 0.15) is 37.3 Å². The van der Waals surface area contributed by atoms with E-state index < -0.39 is 0 Å². The summed E-state index contributed by atoms with van der Waals surface area (Å²) in [4.78, 5) is 1.03. The average molecular weight is 433 g/mol. The van der Waals surface area contributed by atoms with Crippen molar-refractivity contribution >= 4 is 29.5 Å². The molecule has 1 aliphatic rings. The lowest BCUT2D eigenvalue weighted by Crippen LogP contribution is -2.23. The smallest absolute Gasteiger partial charge is 0.00401 e. The molecule has 1 unspecified atom stereocenters. The fourth-order valence-electron chi connectivity index (χ4n) is 4.64. The van der Waals surface area contributed by atoms with Crippen LogP contribution in [-0.2, 0) is 5.41 Å². The van der Waals surface area contributed by atoms with Crippen molar-refractivity contribution in [3.63, 3.8) is 0 Å². The van der Waals surface area contributed by atoms with E-state index in [2.05, 4.69) is 129 Å². The highest BCUT2D eigenvalue weighted by molar-refractivity contribution is 7.80. The van der Waals surface area contributed by atoms with Crippen molar-refractivity contribution in [2.45, 2.75) is 36.5 Å². The average Bonchev–Trinajstić information content (AvgIpc) is 2.84. The molecule has 4 aromatic carbocycles. The van der Waals surface area contributed by atoms with E-state index in [1.54, 1.807) is 0 Å². The molecular weight excluding hydrogens is 404 g/mol. The predicted octanol–water partition coefficient (Wildman–Crippen LogP) is 8.88. The van der Waals surface area contributed by atoms with E-state index in [4.69, 9.17) is 0 Å². The van der Waals surface area contributed by atoms with Gasteiger partial charge in [-0.25, -0.2) is 0 Å². The summed E-state index contributed by atoms with van der Waals surface area (Å²) in [5, 5.41) is 2.56. The largest absolute Gasteiger partial charge is 0.143 e. The highest BCUT2D eigenvalue weighted by atomic mass is 32.1. The van der Waals surface area contributed by atoms with Crippen LogP contribution in [0.25, 0.3) is 28.0 Å². The molecule has 0 saturated heterocycles. The van der Waals surface area contributed by atoms with Crippen molar-refractivity contribution in [3.8, 4) is 11.1 Å². The first kappa shape index (κ1) is 20.8. The third-order valence-corrected chi connectivity index (χ3v) is 7.10. The van der Waals surface area contributed by atoms with Gasteiger partial charge in [-0.3, -0.25) is 0 Å². The van der Waals surface area contributed by atoms with E-state index in [0.29, 0.717) is 0 Å². The van der Waals surface area contributed by atoms with E-state index in [1.807, 2.05) is 0 Å². The second-order valence-corrected chi connectivity index (χ2v) is 9.63. The maximum Gasteiger partial charge on any atom is 0.00401 e. The molecule has 32 heavy (non-hydrogen) atoms. The van der Waals surface area contributed by atoms with E-state index in [0.717, 1.165) is 17.7 Å². The maximum atomic E-state index is 4.42. The van der Waals surface area contributed by atoms with Crippen LogP contribution in [0, 0.1) is 0 Å². The minimum absolute atomic E-state index is 0.220. The Hall–Kier alpha value is -3.03. The Labute approximate surface area is 196 Å². The molecule has 0 bridgehead atoms. The van der Waals surface area contributed by atoms with Crippen molar-refractivity contribution in [1.29, 1.82) is 0 Å². The lowest BCUT2D eigenvalue weighted by Gasteiger charge is -2.33. The second kappa shape index (κ2) is 8.84. The van der Waals surface area contributed by atoms with E-state index in [-0.39, 0.29) is 5.41 Å². The van der Waals surface area contributed by atoms with Crippen molar-refractivity contribution < 1.29 is 0 Å². The number of benzene rings is 4. The molecule has 0 saturated carbocycles. The first-order valence-electron chi connectivity index (χ1n) is 11.3. The Bertz CT molecular complexity index is 1300. The van der Waals surface area contributed by atoms with Gasteiger partial charge in [0.1, 0.15) is 0 Å². The van der Waals surface area contributed by atoms with Crippen molar-refractivity contribution in [2.24, 2.45) is 0 Å². The molecule has 0 aliphatic heterocycles. The van der Waals surface area contributed by atoms with Gasteiger partial charge in [0.25, 0.3) is 0 Å². The Balaban J connectivity index is 1.31. The van der Waals surface area contributed by atoms with Gasteiger partial charge >= 0.3 is 0 Å². The van der Waals surface area contributed by atoms with Crippen molar-refractivity contribution in [2.75, 3.05) is 0 Å². The van der Waals surface area contributed by atoms with Gasteiger partial charge in [-0.15, -0.1) is 12.6 Å². The Morgan fingerprint density at radius 1 is 0.750 bits per heavy atom. The lowest BCUT2D eigenvalue weighted by atomic mass is 9.72. The Kier molecular flexibility index (Phi) is 5.76. The Morgan fingerprint density at radius 2 is 1.50 bits per heavy atom. The molecule has 1 atom stereocenters. The number of hydrogen-bond donors (Lipinski definition) is 1. The van der Waals surface area contributed by atoms with Crippen LogP contribution in [-0.4, -0.2) is 0 Å². The minimum atomic E-state index is 0.220. The van der Waals surface area contributed by atoms with Gasteiger partial charge in [0, 0.05) is 4.90 Å². The van der Waals surface area contributed by atoms with Gasteiger partial charge < -0.3 is 0 Å². The molecule has 0 nitrogen and oxygen atoms in total. The summed E-state index contributed by atoms with van der Waals surface area (Å²) in [6.07, 6.45) is 10.4. The molecule has 5 rings (SSSR count). The van der Waals surface area contributed by atoms with Gasteiger partial charge in [0.15, 0.2) is 0 Å². The molecule has 4 aromatic rings. The number of thiol groups is 1. The van der Waals surface area contributed by atoms with E-state index >= 15 is 0 Å². The third-order valence-electron chi connectivity index (χ3n) is 6.81. The standard InChI is InChI=1S/C31H28S/c1-31(29-13-15-30(32)16-14-29)19-17-23(18-20-31)7-8-24-9-10-28-22-27(12-11-26(28)21-24)25-5-3-2-4-6-25/h2-17,21-22,32H,18-20H2,1H3/b8-7+. The zero-order chi connectivity index (χ0) is 22.0. The van der Waals surface area contributed by atoms with Crippen LogP contribution >= 0.6 is 12.6 Å². The monoisotopic (exact) mass is 432 g/mol. The van der Waals surface area contributed by atoms with Crippen molar-refractivity contribution in [3.05, 3.63) is 120 Å². The molecule has 0 fully saturated rings. The summed E-state index contributed by atoms with van der Waals surface area (Å²) in [6.45, 7) is 2.38. The fourth-order valence-corrected chi connectivity index (χ4v) is 4.79. The van der Waals surface area contributed by atoms with Crippen LogP contribution < -0.4 is 0 Å². The molecule has 0 heterocycles. The number of allylic oxidation sites excluding steroid dienone is 3. The van der Waals surface area contributed by atoms with Crippen molar-refractivity contribution in [1.82, 2.24) is 0 Å². The number of hydrogen-bond acceptors (Lipinski definition) is 1. The molecule has 1 heteroatoms. The zero-order valence-electron chi connectivity index (χ0n) is 18.5. The van der Waals surface area contributed by atoms with E-state index in [9.17, 15) is 0 Å². The van der Waals surface area contributed by atoms with Gasteiger partial charge in [-0.05, 0) is 82.0 Å². The first-order chi connectivity index (χ1) is 15.6. The minimum Gasteiger partial charge on any atom is -0.143 e. The van der Waals surface area contributed by atoms with Crippen LogP contribution in [0.4, 0.5) is 0 Å². The second-order valence-electron chi connectivity index (χ2n) is 9.11.